The van der Waals surface area contributed by atoms with Crippen molar-refractivity contribution in [1.29, 1.82) is 0 Å². The Labute approximate surface area is 139 Å². The van der Waals surface area contributed by atoms with Crippen LogP contribution >= 0.6 is 24.0 Å². The first-order chi connectivity index (χ1) is 9.17. The standard InChI is InChI=1S/C15H25N3O.HI/c1-4-6-9-17-15(16)18-11-13-7-8-14(19-5-2)12(3)10-13;/h7-8,10H,4-6,9,11H2,1-3H3,(H3,16,17,18);1H. The minimum atomic E-state index is 0. The first kappa shape index (κ1) is 19.0. The van der Waals surface area contributed by atoms with Crippen molar-refractivity contribution in [1.82, 2.24) is 5.32 Å². The summed E-state index contributed by atoms with van der Waals surface area (Å²) in [4.78, 5) is 4.33. The van der Waals surface area contributed by atoms with Crippen LogP contribution in [-0.4, -0.2) is 19.1 Å². The van der Waals surface area contributed by atoms with Crippen molar-refractivity contribution in [3.05, 3.63) is 29.3 Å². The highest BCUT2D eigenvalue weighted by Crippen LogP contribution is 2.19. The lowest BCUT2D eigenvalue weighted by molar-refractivity contribution is 0.338. The number of nitrogens with one attached hydrogen (secondary N) is 1. The molecule has 0 aliphatic rings. The second kappa shape index (κ2) is 10.8. The number of rotatable bonds is 7. The third-order valence-electron chi connectivity index (χ3n) is 2.81. The van der Waals surface area contributed by atoms with E-state index in [0.29, 0.717) is 19.1 Å². The molecule has 0 aliphatic carbocycles. The predicted molar refractivity (Wildman–Crippen MR) is 96.0 cm³/mol. The molecular formula is C15H26IN3O. The van der Waals surface area contributed by atoms with E-state index in [1.54, 1.807) is 0 Å². The van der Waals surface area contributed by atoms with Crippen LogP contribution in [0.4, 0.5) is 0 Å². The normalized spacial score (nSPS) is 10.8. The highest BCUT2D eigenvalue weighted by Gasteiger charge is 2.00. The smallest absolute Gasteiger partial charge is 0.188 e. The molecule has 114 valence electrons. The molecule has 1 aromatic carbocycles. The number of ether oxygens (including phenoxy) is 1. The van der Waals surface area contributed by atoms with Crippen molar-refractivity contribution in [2.75, 3.05) is 13.2 Å². The molecular weight excluding hydrogens is 365 g/mol. The lowest BCUT2D eigenvalue weighted by Gasteiger charge is -2.08. The van der Waals surface area contributed by atoms with E-state index in [2.05, 4.69) is 23.3 Å². The lowest BCUT2D eigenvalue weighted by Crippen LogP contribution is -2.32. The van der Waals surface area contributed by atoms with Crippen molar-refractivity contribution in [3.8, 4) is 5.75 Å². The number of guanidine groups is 1. The largest absolute Gasteiger partial charge is 0.494 e. The number of benzene rings is 1. The number of aryl methyl sites for hydroxylation is 1. The van der Waals surface area contributed by atoms with Gasteiger partial charge in [0.05, 0.1) is 13.2 Å². The molecule has 0 bridgehead atoms. The molecule has 20 heavy (non-hydrogen) atoms. The SMILES string of the molecule is CCCCNC(N)=NCc1ccc(OCC)c(C)c1.I. The zero-order chi connectivity index (χ0) is 14.1. The maximum Gasteiger partial charge on any atom is 0.188 e. The summed E-state index contributed by atoms with van der Waals surface area (Å²) in [5.74, 6) is 1.45. The van der Waals surface area contributed by atoms with Gasteiger partial charge in [0.25, 0.3) is 0 Å². The Morgan fingerprint density at radius 1 is 1.35 bits per heavy atom. The van der Waals surface area contributed by atoms with Gasteiger partial charge >= 0.3 is 0 Å². The molecule has 0 atom stereocenters. The van der Waals surface area contributed by atoms with E-state index in [4.69, 9.17) is 10.5 Å². The summed E-state index contributed by atoms with van der Waals surface area (Å²) < 4.78 is 5.51. The van der Waals surface area contributed by atoms with Gasteiger partial charge in [-0.1, -0.05) is 25.5 Å². The van der Waals surface area contributed by atoms with Gasteiger partial charge in [0.1, 0.15) is 5.75 Å². The molecule has 0 heterocycles. The van der Waals surface area contributed by atoms with Gasteiger partial charge in [-0.15, -0.1) is 24.0 Å². The van der Waals surface area contributed by atoms with E-state index < -0.39 is 0 Å². The van der Waals surface area contributed by atoms with Gasteiger partial charge in [-0.2, -0.15) is 0 Å². The molecule has 1 rings (SSSR count). The lowest BCUT2D eigenvalue weighted by atomic mass is 10.1. The Bertz CT molecular complexity index is 422. The van der Waals surface area contributed by atoms with Crippen LogP contribution in [0.2, 0.25) is 0 Å². The molecule has 3 N–H and O–H groups in total. The number of aliphatic imine (C=N–C) groups is 1. The Morgan fingerprint density at radius 2 is 2.10 bits per heavy atom. The number of hydrogen-bond acceptors (Lipinski definition) is 2. The minimum absolute atomic E-state index is 0. The van der Waals surface area contributed by atoms with Gasteiger partial charge < -0.3 is 15.8 Å². The second-order valence-electron chi connectivity index (χ2n) is 4.51. The fraction of sp³-hybridized carbons (Fsp3) is 0.533. The maximum atomic E-state index is 5.79. The van der Waals surface area contributed by atoms with Crippen molar-refractivity contribution in [3.63, 3.8) is 0 Å². The Morgan fingerprint density at radius 3 is 2.70 bits per heavy atom. The summed E-state index contributed by atoms with van der Waals surface area (Å²) in [7, 11) is 0. The summed E-state index contributed by atoms with van der Waals surface area (Å²) >= 11 is 0. The highest BCUT2D eigenvalue weighted by molar-refractivity contribution is 14.0. The fourth-order valence-electron chi connectivity index (χ4n) is 1.75. The van der Waals surface area contributed by atoms with Crippen molar-refractivity contribution in [2.24, 2.45) is 10.7 Å². The first-order valence-electron chi connectivity index (χ1n) is 6.93. The molecule has 0 radical (unpaired) electrons. The van der Waals surface area contributed by atoms with E-state index in [-0.39, 0.29) is 24.0 Å². The zero-order valence-electron chi connectivity index (χ0n) is 12.6. The summed E-state index contributed by atoms with van der Waals surface area (Å²) in [5, 5.41) is 3.10. The number of nitrogens with two attached hydrogens (primary N) is 1. The van der Waals surface area contributed by atoms with Crippen LogP contribution < -0.4 is 15.8 Å². The molecule has 0 amide bonds. The van der Waals surface area contributed by atoms with Crippen molar-refractivity contribution in [2.45, 2.75) is 40.2 Å². The molecule has 0 spiro atoms. The quantitative estimate of drug-likeness (QED) is 0.325. The first-order valence-corrected chi connectivity index (χ1v) is 6.93. The van der Waals surface area contributed by atoms with Crippen LogP contribution in [0.5, 0.6) is 5.75 Å². The van der Waals surface area contributed by atoms with E-state index >= 15 is 0 Å². The molecule has 1 aromatic rings. The third-order valence-corrected chi connectivity index (χ3v) is 2.81. The zero-order valence-corrected chi connectivity index (χ0v) is 14.9. The van der Waals surface area contributed by atoms with Gasteiger partial charge in [-0.25, -0.2) is 4.99 Å². The molecule has 0 aliphatic heterocycles. The fourth-order valence-corrected chi connectivity index (χ4v) is 1.75. The molecule has 0 aromatic heterocycles. The summed E-state index contributed by atoms with van der Waals surface area (Å²) in [6, 6.07) is 6.11. The van der Waals surface area contributed by atoms with Crippen LogP contribution in [0.1, 0.15) is 37.8 Å². The Balaban J connectivity index is 0.00000361. The summed E-state index contributed by atoms with van der Waals surface area (Å²) in [6.07, 6.45) is 2.26. The van der Waals surface area contributed by atoms with Gasteiger partial charge in [-0.05, 0) is 37.5 Å². The van der Waals surface area contributed by atoms with Gasteiger partial charge in [0.2, 0.25) is 0 Å². The van der Waals surface area contributed by atoms with Crippen LogP contribution in [0.3, 0.4) is 0 Å². The topological polar surface area (TPSA) is 59.6 Å². The Hall–Kier alpha value is -0.980. The molecule has 0 fully saturated rings. The molecule has 5 heteroatoms. The molecule has 0 saturated heterocycles. The van der Waals surface area contributed by atoms with Crippen LogP contribution in [0.15, 0.2) is 23.2 Å². The van der Waals surface area contributed by atoms with E-state index in [1.165, 1.54) is 0 Å². The van der Waals surface area contributed by atoms with Gasteiger partial charge in [0.15, 0.2) is 5.96 Å². The minimum Gasteiger partial charge on any atom is -0.494 e. The molecule has 0 unspecified atom stereocenters. The van der Waals surface area contributed by atoms with Crippen LogP contribution in [0, 0.1) is 6.92 Å². The second-order valence-corrected chi connectivity index (χ2v) is 4.51. The van der Waals surface area contributed by atoms with Gasteiger partial charge in [-0.3, -0.25) is 0 Å². The van der Waals surface area contributed by atoms with Crippen LogP contribution in [0.25, 0.3) is 0 Å². The van der Waals surface area contributed by atoms with E-state index in [0.717, 1.165) is 36.3 Å². The summed E-state index contributed by atoms with van der Waals surface area (Å²) in [6.45, 7) is 8.35. The van der Waals surface area contributed by atoms with Crippen molar-refractivity contribution < 1.29 is 4.74 Å². The van der Waals surface area contributed by atoms with Gasteiger partial charge in [0, 0.05) is 6.54 Å². The number of hydrogen-bond donors (Lipinski definition) is 2. The van der Waals surface area contributed by atoms with Crippen LogP contribution in [-0.2, 0) is 6.54 Å². The van der Waals surface area contributed by atoms with E-state index in [1.807, 2.05) is 26.0 Å². The maximum absolute atomic E-state index is 5.79. The predicted octanol–water partition coefficient (Wildman–Crippen LogP) is 3.22. The molecule has 4 nitrogen and oxygen atoms in total. The molecule has 0 saturated carbocycles. The average molecular weight is 391 g/mol. The van der Waals surface area contributed by atoms with Crippen molar-refractivity contribution >= 4 is 29.9 Å². The monoisotopic (exact) mass is 391 g/mol. The highest BCUT2D eigenvalue weighted by atomic mass is 127. The average Bonchev–Trinajstić information content (AvgIpc) is 2.40. The third kappa shape index (κ3) is 6.98. The number of nitrogens with zero attached hydrogens (tertiary/aromatic N) is 1. The number of halogens is 1. The Kier molecular flexibility index (Phi) is 10.2. The van der Waals surface area contributed by atoms with E-state index in [9.17, 15) is 0 Å². The number of unbranched alkanes of at least 4 members (excludes halogenated alkanes) is 1. The summed E-state index contributed by atoms with van der Waals surface area (Å²) in [5.41, 5.74) is 8.06.